The molecule has 0 spiro atoms. The maximum Gasteiger partial charge on any atom is 0.265 e. The minimum atomic E-state index is -2.66. The van der Waals surface area contributed by atoms with Crippen molar-refractivity contribution in [2.75, 3.05) is 0 Å². The van der Waals surface area contributed by atoms with Gasteiger partial charge in [0.05, 0.1) is 3.57 Å². The number of carbonyl (C=O) groups excluding carboxylic acids is 1. The lowest BCUT2D eigenvalue weighted by Gasteiger charge is -2.06. The predicted octanol–water partition coefficient (Wildman–Crippen LogP) is 3.20. The average Bonchev–Trinajstić information content (AvgIpc) is 2.08. The highest BCUT2D eigenvalue weighted by atomic mass is 127. The topological polar surface area (TPSA) is 30.0 Å². The van der Waals surface area contributed by atoms with Gasteiger partial charge in [0.1, 0.15) is 4.60 Å². The molecule has 0 N–H and O–H groups in total. The number of nitrogens with zero attached hydrogens (tertiary/aromatic N) is 1. The summed E-state index contributed by atoms with van der Waals surface area (Å²) in [5, 5.41) is 0. The van der Waals surface area contributed by atoms with Crippen LogP contribution < -0.4 is 0 Å². The van der Waals surface area contributed by atoms with Gasteiger partial charge in [-0.1, -0.05) is 0 Å². The Bertz CT molecular complexity index is 346. The largest absolute Gasteiger partial charge is 0.298 e. The first-order chi connectivity index (χ1) is 6.07. The smallest absolute Gasteiger partial charge is 0.265 e. The zero-order valence-corrected chi connectivity index (χ0v) is 9.84. The van der Waals surface area contributed by atoms with Crippen molar-refractivity contribution in [3.05, 3.63) is 25.5 Å². The maximum atomic E-state index is 12.4. The van der Waals surface area contributed by atoms with Gasteiger partial charge in [-0.3, -0.25) is 4.79 Å². The summed E-state index contributed by atoms with van der Waals surface area (Å²) in [6.45, 7) is 0. The standard InChI is InChI=1S/C7H3BrF2INO/c8-6-5(11)4(7(9)10)3(2-13)1-12-6/h1-2,7H. The monoisotopic (exact) mass is 361 g/mol. The second-order valence-electron chi connectivity index (χ2n) is 2.15. The normalized spacial score (nSPS) is 10.5. The van der Waals surface area contributed by atoms with E-state index in [1.54, 1.807) is 22.6 Å². The number of hydrogen-bond acceptors (Lipinski definition) is 2. The fourth-order valence-electron chi connectivity index (χ4n) is 0.806. The number of rotatable bonds is 2. The first-order valence-electron chi connectivity index (χ1n) is 3.15. The van der Waals surface area contributed by atoms with Gasteiger partial charge >= 0.3 is 0 Å². The van der Waals surface area contributed by atoms with E-state index in [0.717, 1.165) is 6.20 Å². The number of halogens is 4. The molecule has 0 saturated heterocycles. The first kappa shape index (κ1) is 11.0. The van der Waals surface area contributed by atoms with E-state index in [1.165, 1.54) is 0 Å². The third-order valence-corrected chi connectivity index (χ3v) is 3.83. The lowest BCUT2D eigenvalue weighted by molar-refractivity contribution is 0.110. The summed E-state index contributed by atoms with van der Waals surface area (Å²) in [6.07, 6.45) is -1.16. The lowest BCUT2D eigenvalue weighted by atomic mass is 10.2. The van der Waals surface area contributed by atoms with E-state index in [0.29, 0.717) is 10.9 Å². The van der Waals surface area contributed by atoms with Crippen molar-refractivity contribution < 1.29 is 13.6 Å². The minimum Gasteiger partial charge on any atom is -0.298 e. The number of aldehydes is 1. The van der Waals surface area contributed by atoms with Gasteiger partial charge in [0.2, 0.25) is 0 Å². The van der Waals surface area contributed by atoms with Crippen LogP contribution in [0.5, 0.6) is 0 Å². The van der Waals surface area contributed by atoms with Gasteiger partial charge in [-0.2, -0.15) is 0 Å². The van der Waals surface area contributed by atoms with Crippen molar-refractivity contribution in [1.82, 2.24) is 4.98 Å². The van der Waals surface area contributed by atoms with Crippen molar-refractivity contribution in [3.63, 3.8) is 0 Å². The van der Waals surface area contributed by atoms with Gasteiger partial charge in [0.15, 0.2) is 6.29 Å². The van der Waals surface area contributed by atoms with Crippen LogP contribution in [0.15, 0.2) is 10.8 Å². The van der Waals surface area contributed by atoms with Gasteiger partial charge in [-0.15, -0.1) is 0 Å². The molecule has 0 radical (unpaired) electrons. The molecule has 70 valence electrons. The molecule has 0 aliphatic heterocycles. The molecule has 0 aliphatic carbocycles. The van der Waals surface area contributed by atoms with E-state index in [2.05, 4.69) is 20.9 Å². The van der Waals surface area contributed by atoms with Gasteiger partial charge in [0, 0.05) is 17.3 Å². The van der Waals surface area contributed by atoms with Crippen LogP contribution in [0.25, 0.3) is 0 Å². The Hall–Kier alpha value is -0.110. The van der Waals surface area contributed by atoms with Crippen LogP contribution in [-0.4, -0.2) is 11.3 Å². The molecule has 1 aromatic heterocycles. The van der Waals surface area contributed by atoms with Crippen LogP contribution in [0.4, 0.5) is 8.78 Å². The van der Waals surface area contributed by atoms with E-state index >= 15 is 0 Å². The van der Waals surface area contributed by atoms with Crippen LogP contribution in [0.1, 0.15) is 22.3 Å². The third-order valence-electron chi connectivity index (χ3n) is 1.39. The molecule has 0 unspecified atom stereocenters. The molecule has 0 fully saturated rings. The maximum absolute atomic E-state index is 12.4. The Kier molecular flexibility index (Phi) is 3.72. The Balaban J connectivity index is 3.41. The van der Waals surface area contributed by atoms with Gasteiger partial charge in [-0.05, 0) is 38.5 Å². The van der Waals surface area contributed by atoms with Crippen LogP contribution in [0, 0.1) is 3.57 Å². The molecule has 1 rings (SSSR count). The highest BCUT2D eigenvalue weighted by Crippen LogP contribution is 2.30. The lowest BCUT2D eigenvalue weighted by Crippen LogP contribution is -1.99. The molecule has 0 saturated carbocycles. The molecule has 0 aliphatic rings. The van der Waals surface area contributed by atoms with E-state index in [4.69, 9.17) is 0 Å². The van der Waals surface area contributed by atoms with Crippen molar-refractivity contribution in [2.24, 2.45) is 0 Å². The minimum absolute atomic E-state index is 0.0670. The summed E-state index contributed by atoms with van der Waals surface area (Å²) in [6, 6.07) is 0. The molecule has 0 amide bonds. The SMILES string of the molecule is O=Cc1cnc(Br)c(I)c1C(F)F. The van der Waals surface area contributed by atoms with Crippen molar-refractivity contribution >= 4 is 44.8 Å². The Morgan fingerprint density at radius 1 is 1.62 bits per heavy atom. The fourth-order valence-corrected chi connectivity index (χ4v) is 1.81. The van der Waals surface area contributed by atoms with E-state index in [-0.39, 0.29) is 14.7 Å². The molecule has 0 bridgehead atoms. The molecule has 13 heavy (non-hydrogen) atoms. The Morgan fingerprint density at radius 3 is 2.69 bits per heavy atom. The number of hydrogen-bond donors (Lipinski definition) is 0. The van der Waals surface area contributed by atoms with Crippen molar-refractivity contribution in [3.8, 4) is 0 Å². The average molecular weight is 362 g/mol. The molecule has 6 heteroatoms. The van der Waals surface area contributed by atoms with E-state index in [1.807, 2.05) is 0 Å². The predicted molar refractivity (Wildman–Crippen MR) is 55.0 cm³/mol. The Labute approximate surface area is 95.0 Å². The number of alkyl halides is 2. The molecule has 1 heterocycles. The second-order valence-corrected chi connectivity index (χ2v) is 3.98. The summed E-state index contributed by atoms with van der Waals surface area (Å²) >= 11 is 4.73. The first-order valence-corrected chi connectivity index (χ1v) is 5.02. The quantitative estimate of drug-likeness (QED) is 0.460. The zero-order chi connectivity index (χ0) is 10.0. The summed E-state index contributed by atoms with van der Waals surface area (Å²) in [7, 11) is 0. The highest BCUT2D eigenvalue weighted by molar-refractivity contribution is 14.1. The van der Waals surface area contributed by atoms with Crippen LogP contribution in [-0.2, 0) is 0 Å². The third kappa shape index (κ3) is 2.22. The second kappa shape index (κ2) is 4.41. The highest BCUT2D eigenvalue weighted by Gasteiger charge is 2.19. The summed E-state index contributed by atoms with van der Waals surface area (Å²) in [4.78, 5) is 14.1. The van der Waals surface area contributed by atoms with Crippen LogP contribution in [0.2, 0.25) is 0 Å². The van der Waals surface area contributed by atoms with Crippen molar-refractivity contribution in [2.45, 2.75) is 6.43 Å². The number of pyridine rings is 1. The van der Waals surface area contributed by atoms with Gasteiger partial charge < -0.3 is 0 Å². The van der Waals surface area contributed by atoms with Gasteiger partial charge in [0.25, 0.3) is 6.43 Å². The molecule has 2 nitrogen and oxygen atoms in total. The fraction of sp³-hybridized carbons (Fsp3) is 0.143. The molecular formula is C7H3BrF2INO. The van der Waals surface area contributed by atoms with Gasteiger partial charge in [-0.25, -0.2) is 13.8 Å². The molecule has 1 aromatic rings. The number of aromatic nitrogens is 1. The molecule has 0 aromatic carbocycles. The van der Waals surface area contributed by atoms with E-state index < -0.39 is 6.43 Å². The summed E-state index contributed by atoms with van der Waals surface area (Å²) < 4.78 is 25.5. The number of carbonyl (C=O) groups is 1. The zero-order valence-electron chi connectivity index (χ0n) is 6.10. The van der Waals surface area contributed by atoms with Crippen LogP contribution >= 0.6 is 38.5 Å². The van der Waals surface area contributed by atoms with Crippen molar-refractivity contribution in [1.29, 1.82) is 0 Å². The summed E-state index contributed by atoms with van der Waals surface area (Å²) in [5.74, 6) is 0. The van der Waals surface area contributed by atoms with Crippen LogP contribution in [0.3, 0.4) is 0 Å². The summed E-state index contributed by atoms with van der Waals surface area (Å²) in [5.41, 5.74) is -0.333. The molecule has 0 atom stereocenters. The Morgan fingerprint density at radius 2 is 2.23 bits per heavy atom. The molecular weight excluding hydrogens is 359 g/mol. The van der Waals surface area contributed by atoms with E-state index in [9.17, 15) is 13.6 Å².